The largest absolute Gasteiger partial charge is 0.347 e. The average molecular weight is 126 g/mol. The van der Waals surface area contributed by atoms with Gasteiger partial charge in [0.2, 0.25) is 0 Å². The van der Waals surface area contributed by atoms with Gasteiger partial charge in [-0.05, 0) is 6.92 Å². The summed E-state index contributed by atoms with van der Waals surface area (Å²) >= 11 is 0. The maximum absolute atomic E-state index is 5.22. The van der Waals surface area contributed by atoms with Crippen LogP contribution in [0.5, 0.6) is 0 Å². The second-order valence-electron chi connectivity index (χ2n) is 2.21. The highest BCUT2D eigenvalue weighted by Gasteiger charge is 2.29. The molecule has 1 aliphatic heterocycles. The van der Waals surface area contributed by atoms with Gasteiger partial charge in [-0.1, -0.05) is 0 Å². The maximum Gasteiger partial charge on any atom is 0.176 e. The van der Waals surface area contributed by atoms with Crippen LogP contribution in [0.3, 0.4) is 0 Å². The van der Waals surface area contributed by atoms with Crippen molar-refractivity contribution in [1.82, 2.24) is 0 Å². The van der Waals surface area contributed by atoms with Crippen molar-refractivity contribution in [3.8, 4) is 12.3 Å². The monoisotopic (exact) mass is 126 g/mol. The number of hydrogen-bond donors (Lipinski definition) is 0. The van der Waals surface area contributed by atoms with E-state index >= 15 is 0 Å². The summed E-state index contributed by atoms with van der Waals surface area (Å²) in [6, 6.07) is 0. The zero-order valence-corrected chi connectivity index (χ0v) is 5.52. The molecule has 0 unspecified atom stereocenters. The molecule has 50 valence electrons. The van der Waals surface area contributed by atoms with Crippen molar-refractivity contribution in [3.05, 3.63) is 0 Å². The highest BCUT2D eigenvalue weighted by Crippen LogP contribution is 2.21. The molecule has 0 bridgehead atoms. The van der Waals surface area contributed by atoms with E-state index in [1.807, 2.05) is 6.92 Å². The fourth-order valence-corrected chi connectivity index (χ4v) is 0.844. The van der Waals surface area contributed by atoms with Crippen LogP contribution in [-0.2, 0) is 9.47 Å². The Morgan fingerprint density at radius 1 is 1.56 bits per heavy atom. The Bertz CT molecular complexity index is 128. The molecule has 1 rings (SSSR count). The van der Waals surface area contributed by atoms with Crippen molar-refractivity contribution in [1.29, 1.82) is 0 Å². The predicted molar refractivity (Wildman–Crippen MR) is 33.8 cm³/mol. The second-order valence-corrected chi connectivity index (χ2v) is 2.21. The minimum atomic E-state index is -0.491. The normalized spacial score (nSPS) is 23.6. The summed E-state index contributed by atoms with van der Waals surface area (Å²) in [7, 11) is 0. The van der Waals surface area contributed by atoms with E-state index in [-0.39, 0.29) is 0 Å². The Hall–Kier alpha value is -0.520. The lowest BCUT2D eigenvalue weighted by molar-refractivity contribution is -0.136. The number of terminal acetylenes is 1. The van der Waals surface area contributed by atoms with Crippen molar-refractivity contribution < 1.29 is 9.47 Å². The van der Waals surface area contributed by atoms with E-state index in [1.165, 1.54) is 0 Å². The molecule has 2 heteroatoms. The predicted octanol–water partition coefficient (Wildman–Crippen LogP) is 0.773. The van der Waals surface area contributed by atoms with E-state index in [0.29, 0.717) is 19.6 Å². The van der Waals surface area contributed by atoms with Gasteiger partial charge in [-0.2, -0.15) is 0 Å². The fraction of sp³-hybridized carbons (Fsp3) is 0.714. The van der Waals surface area contributed by atoms with E-state index in [9.17, 15) is 0 Å². The summed E-state index contributed by atoms with van der Waals surface area (Å²) < 4.78 is 10.4. The van der Waals surface area contributed by atoms with Gasteiger partial charge in [-0.3, -0.25) is 0 Å². The minimum Gasteiger partial charge on any atom is -0.347 e. The summed E-state index contributed by atoms with van der Waals surface area (Å²) in [5.41, 5.74) is 0. The molecule has 0 saturated carbocycles. The van der Waals surface area contributed by atoms with E-state index in [0.717, 1.165) is 0 Å². The van der Waals surface area contributed by atoms with Crippen LogP contribution in [-0.4, -0.2) is 19.0 Å². The van der Waals surface area contributed by atoms with Crippen molar-refractivity contribution in [2.24, 2.45) is 0 Å². The lowest BCUT2D eigenvalue weighted by Gasteiger charge is -2.18. The molecule has 1 heterocycles. The van der Waals surface area contributed by atoms with Gasteiger partial charge in [0.15, 0.2) is 5.79 Å². The first kappa shape index (κ1) is 6.60. The summed E-state index contributed by atoms with van der Waals surface area (Å²) in [5, 5.41) is 0. The van der Waals surface area contributed by atoms with Crippen LogP contribution in [0, 0.1) is 12.3 Å². The van der Waals surface area contributed by atoms with Gasteiger partial charge in [-0.25, -0.2) is 0 Å². The first-order chi connectivity index (χ1) is 4.27. The average Bonchev–Trinajstić information content (AvgIpc) is 2.16. The fourth-order valence-electron chi connectivity index (χ4n) is 0.844. The van der Waals surface area contributed by atoms with Crippen molar-refractivity contribution in [2.75, 3.05) is 13.2 Å². The van der Waals surface area contributed by atoms with E-state index < -0.39 is 5.79 Å². The maximum atomic E-state index is 5.22. The molecule has 1 saturated heterocycles. The van der Waals surface area contributed by atoms with Crippen LogP contribution in [0.1, 0.15) is 13.3 Å². The smallest absolute Gasteiger partial charge is 0.176 e. The number of hydrogen-bond acceptors (Lipinski definition) is 2. The topological polar surface area (TPSA) is 18.5 Å². The summed E-state index contributed by atoms with van der Waals surface area (Å²) in [4.78, 5) is 0. The van der Waals surface area contributed by atoms with Crippen LogP contribution < -0.4 is 0 Å². The Morgan fingerprint density at radius 2 is 2.11 bits per heavy atom. The van der Waals surface area contributed by atoms with Crippen molar-refractivity contribution in [3.63, 3.8) is 0 Å². The second kappa shape index (κ2) is 2.38. The first-order valence-corrected chi connectivity index (χ1v) is 2.98. The molecule has 0 spiro atoms. The quantitative estimate of drug-likeness (QED) is 0.483. The lowest BCUT2D eigenvalue weighted by atomic mass is 10.2. The van der Waals surface area contributed by atoms with Crippen LogP contribution in [0.2, 0.25) is 0 Å². The molecule has 0 atom stereocenters. The molecule has 0 aliphatic carbocycles. The van der Waals surface area contributed by atoms with Gasteiger partial charge in [-0.15, -0.1) is 12.3 Å². The zero-order chi connectivity index (χ0) is 6.74. The standard InChI is InChI=1S/C7H10O2/c1-3-4-7(2)8-5-6-9-7/h1H,4-6H2,2H3. The third kappa shape index (κ3) is 1.44. The van der Waals surface area contributed by atoms with Crippen LogP contribution in [0.4, 0.5) is 0 Å². The molecule has 1 fully saturated rings. The molecule has 9 heavy (non-hydrogen) atoms. The van der Waals surface area contributed by atoms with E-state index in [1.54, 1.807) is 0 Å². The SMILES string of the molecule is C#CCC1(C)OCCO1. The summed E-state index contributed by atoms with van der Waals surface area (Å²) in [6.45, 7) is 3.19. The zero-order valence-electron chi connectivity index (χ0n) is 5.52. The molecular formula is C7H10O2. The Kier molecular flexibility index (Phi) is 1.75. The Balaban J connectivity index is 2.43. The highest BCUT2D eigenvalue weighted by molar-refractivity contribution is 4.90. The summed E-state index contributed by atoms with van der Waals surface area (Å²) in [6.07, 6.45) is 5.62. The number of ether oxygens (including phenoxy) is 2. The van der Waals surface area contributed by atoms with Gasteiger partial charge in [0.25, 0.3) is 0 Å². The van der Waals surface area contributed by atoms with Gasteiger partial charge in [0.05, 0.1) is 19.6 Å². The van der Waals surface area contributed by atoms with Crippen LogP contribution in [0.25, 0.3) is 0 Å². The first-order valence-electron chi connectivity index (χ1n) is 2.98. The number of rotatable bonds is 1. The van der Waals surface area contributed by atoms with Gasteiger partial charge in [0, 0.05) is 0 Å². The third-order valence-electron chi connectivity index (χ3n) is 1.32. The molecule has 0 aromatic rings. The lowest BCUT2D eigenvalue weighted by Crippen LogP contribution is -2.24. The molecule has 1 aliphatic rings. The molecule has 0 aromatic heterocycles. The Labute approximate surface area is 55.1 Å². The molecule has 2 nitrogen and oxygen atoms in total. The Morgan fingerprint density at radius 3 is 2.56 bits per heavy atom. The third-order valence-corrected chi connectivity index (χ3v) is 1.32. The van der Waals surface area contributed by atoms with Gasteiger partial charge < -0.3 is 9.47 Å². The van der Waals surface area contributed by atoms with Crippen LogP contribution in [0.15, 0.2) is 0 Å². The summed E-state index contributed by atoms with van der Waals surface area (Å²) in [5.74, 6) is 2.01. The van der Waals surface area contributed by atoms with Crippen molar-refractivity contribution >= 4 is 0 Å². The molecule has 0 amide bonds. The van der Waals surface area contributed by atoms with E-state index in [2.05, 4.69) is 5.92 Å². The van der Waals surface area contributed by atoms with Crippen LogP contribution >= 0.6 is 0 Å². The van der Waals surface area contributed by atoms with Gasteiger partial charge in [0.1, 0.15) is 0 Å². The van der Waals surface area contributed by atoms with E-state index in [4.69, 9.17) is 15.9 Å². The molecule has 0 N–H and O–H groups in total. The molecule has 0 aromatic carbocycles. The molecule has 0 radical (unpaired) electrons. The molecular weight excluding hydrogens is 116 g/mol. The van der Waals surface area contributed by atoms with Crippen molar-refractivity contribution in [2.45, 2.75) is 19.1 Å². The van der Waals surface area contributed by atoms with Gasteiger partial charge >= 0.3 is 0 Å². The highest BCUT2D eigenvalue weighted by atomic mass is 16.7. The minimum absolute atomic E-state index is 0.491.